The maximum atomic E-state index is 3.29. The molecular weight excluding hydrogens is 234 g/mol. The molecule has 1 aromatic rings. The maximum Gasteiger partial charge on any atom is 0.0367 e. The molecule has 0 spiro atoms. The number of nitrogens with zero attached hydrogens (tertiary/aromatic N) is 2. The lowest BCUT2D eigenvalue weighted by molar-refractivity contribution is 0.231. The van der Waals surface area contributed by atoms with Gasteiger partial charge in [-0.3, -0.25) is 4.90 Å². The van der Waals surface area contributed by atoms with E-state index in [1.807, 2.05) is 7.05 Å². The third-order valence-corrected chi connectivity index (χ3v) is 4.78. The highest BCUT2D eigenvalue weighted by Gasteiger charge is 2.30. The van der Waals surface area contributed by atoms with Crippen LogP contribution in [0.15, 0.2) is 24.3 Å². The van der Waals surface area contributed by atoms with E-state index in [4.69, 9.17) is 0 Å². The predicted octanol–water partition coefficient (Wildman–Crippen LogP) is 2.25. The van der Waals surface area contributed by atoms with Crippen molar-refractivity contribution >= 4 is 5.69 Å². The fraction of sp³-hybridized carbons (Fsp3) is 0.625. The van der Waals surface area contributed by atoms with Gasteiger partial charge < -0.3 is 10.2 Å². The lowest BCUT2D eigenvalue weighted by atomic mass is 10.1. The lowest BCUT2D eigenvalue weighted by Crippen LogP contribution is -2.50. The van der Waals surface area contributed by atoms with E-state index in [1.54, 1.807) is 0 Å². The molecular formula is C16H25N3. The molecule has 0 saturated carbocycles. The van der Waals surface area contributed by atoms with E-state index in [-0.39, 0.29) is 0 Å². The molecule has 3 rings (SSSR count). The van der Waals surface area contributed by atoms with Crippen LogP contribution in [0.5, 0.6) is 0 Å². The van der Waals surface area contributed by atoms with Crippen LogP contribution < -0.4 is 10.2 Å². The van der Waals surface area contributed by atoms with E-state index < -0.39 is 0 Å². The second kappa shape index (κ2) is 5.51. The summed E-state index contributed by atoms with van der Waals surface area (Å²) < 4.78 is 0. The first-order valence-electron chi connectivity index (χ1n) is 7.54. The van der Waals surface area contributed by atoms with Crippen molar-refractivity contribution in [1.29, 1.82) is 0 Å². The molecule has 2 fully saturated rings. The molecule has 0 aliphatic carbocycles. The molecule has 2 unspecified atom stereocenters. The SMILES string of the molecule is CNC(C)c1ccc(N2CCN3CCCC3C2)cc1. The number of hydrogen-bond donors (Lipinski definition) is 1. The lowest BCUT2D eigenvalue weighted by Gasteiger charge is -2.38. The summed E-state index contributed by atoms with van der Waals surface area (Å²) in [7, 11) is 2.01. The predicted molar refractivity (Wildman–Crippen MR) is 80.7 cm³/mol. The summed E-state index contributed by atoms with van der Waals surface area (Å²) in [5.41, 5.74) is 2.75. The fourth-order valence-electron chi connectivity index (χ4n) is 3.37. The Kier molecular flexibility index (Phi) is 3.76. The Morgan fingerprint density at radius 2 is 1.95 bits per heavy atom. The minimum absolute atomic E-state index is 0.431. The van der Waals surface area contributed by atoms with Crippen LogP contribution >= 0.6 is 0 Å². The van der Waals surface area contributed by atoms with Gasteiger partial charge in [0.25, 0.3) is 0 Å². The molecule has 0 amide bonds. The van der Waals surface area contributed by atoms with Gasteiger partial charge in [0.1, 0.15) is 0 Å². The van der Waals surface area contributed by atoms with Gasteiger partial charge in [0.15, 0.2) is 0 Å². The summed E-state index contributed by atoms with van der Waals surface area (Å²) in [6.45, 7) is 7.14. The highest BCUT2D eigenvalue weighted by molar-refractivity contribution is 5.48. The number of anilines is 1. The van der Waals surface area contributed by atoms with Crippen molar-refractivity contribution < 1.29 is 0 Å². The van der Waals surface area contributed by atoms with E-state index >= 15 is 0 Å². The standard InChI is InChI=1S/C16H25N3/c1-13(17-2)14-5-7-15(8-6-14)19-11-10-18-9-3-4-16(18)12-19/h5-8,13,16-17H,3-4,9-12H2,1-2H3. The Morgan fingerprint density at radius 1 is 1.16 bits per heavy atom. The van der Waals surface area contributed by atoms with Crippen LogP contribution in [0.2, 0.25) is 0 Å². The van der Waals surface area contributed by atoms with Gasteiger partial charge in [-0.1, -0.05) is 12.1 Å². The Balaban J connectivity index is 1.69. The van der Waals surface area contributed by atoms with E-state index in [0.29, 0.717) is 6.04 Å². The number of hydrogen-bond acceptors (Lipinski definition) is 3. The molecule has 1 aromatic carbocycles. The first kappa shape index (κ1) is 12.9. The van der Waals surface area contributed by atoms with Gasteiger partial charge in [0, 0.05) is 37.4 Å². The monoisotopic (exact) mass is 259 g/mol. The van der Waals surface area contributed by atoms with Gasteiger partial charge in [-0.25, -0.2) is 0 Å². The molecule has 2 aliphatic heterocycles. The first-order valence-corrected chi connectivity index (χ1v) is 7.54. The van der Waals surface area contributed by atoms with Crippen molar-refractivity contribution in [2.24, 2.45) is 0 Å². The maximum absolute atomic E-state index is 3.29. The number of benzene rings is 1. The molecule has 0 bridgehead atoms. The third-order valence-electron chi connectivity index (χ3n) is 4.78. The molecule has 104 valence electrons. The van der Waals surface area contributed by atoms with Crippen LogP contribution in [-0.2, 0) is 0 Å². The van der Waals surface area contributed by atoms with Crippen LogP contribution in [-0.4, -0.2) is 44.2 Å². The highest BCUT2D eigenvalue weighted by atomic mass is 15.3. The molecule has 2 saturated heterocycles. The van der Waals surface area contributed by atoms with E-state index in [1.165, 1.54) is 50.3 Å². The average molecular weight is 259 g/mol. The van der Waals surface area contributed by atoms with Crippen molar-refractivity contribution in [2.75, 3.05) is 38.1 Å². The summed E-state index contributed by atoms with van der Waals surface area (Å²) in [4.78, 5) is 5.22. The minimum atomic E-state index is 0.431. The van der Waals surface area contributed by atoms with Gasteiger partial charge in [-0.05, 0) is 51.1 Å². The number of nitrogens with one attached hydrogen (secondary N) is 1. The summed E-state index contributed by atoms with van der Waals surface area (Å²) in [6.07, 6.45) is 2.77. The van der Waals surface area contributed by atoms with Crippen LogP contribution in [0.4, 0.5) is 5.69 Å². The fourth-order valence-corrected chi connectivity index (χ4v) is 3.37. The van der Waals surface area contributed by atoms with Crippen molar-refractivity contribution in [1.82, 2.24) is 10.2 Å². The Bertz CT molecular complexity index is 415. The normalized spacial score (nSPS) is 25.4. The first-order chi connectivity index (χ1) is 9.28. The number of rotatable bonds is 3. The molecule has 2 heterocycles. The second-order valence-electron chi connectivity index (χ2n) is 5.88. The zero-order valence-electron chi connectivity index (χ0n) is 12.1. The largest absolute Gasteiger partial charge is 0.369 e. The van der Waals surface area contributed by atoms with Gasteiger partial charge in [-0.15, -0.1) is 0 Å². The molecule has 1 N–H and O–H groups in total. The van der Waals surface area contributed by atoms with Gasteiger partial charge in [0.2, 0.25) is 0 Å². The molecule has 0 aromatic heterocycles. The zero-order valence-corrected chi connectivity index (χ0v) is 12.1. The quantitative estimate of drug-likeness (QED) is 0.898. The van der Waals surface area contributed by atoms with Crippen LogP contribution in [0.3, 0.4) is 0 Å². The molecule has 19 heavy (non-hydrogen) atoms. The Morgan fingerprint density at radius 3 is 2.68 bits per heavy atom. The Hall–Kier alpha value is -1.06. The average Bonchev–Trinajstić information content (AvgIpc) is 2.94. The van der Waals surface area contributed by atoms with Gasteiger partial charge >= 0.3 is 0 Å². The van der Waals surface area contributed by atoms with Crippen molar-refractivity contribution in [3.63, 3.8) is 0 Å². The molecule has 3 heteroatoms. The van der Waals surface area contributed by atoms with Crippen LogP contribution in [0.25, 0.3) is 0 Å². The van der Waals surface area contributed by atoms with E-state index in [2.05, 4.69) is 46.3 Å². The zero-order chi connectivity index (χ0) is 13.2. The summed E-state index contributed by atoms with van der Waals surface area (Å²) in [6, 6.07) is 10.3. The number of fused-ring (bicyclic) bond motifs is 1. The van der Waals surface area contributed by atoms with Gasteiger partial charge in [-0.2, -0.15) is 0 Å². The molecule has 2 aliphatic rings. The number of piperazine rings is 1. The highest BCUT2D eigenvalue weighted by Crippen LogP contribution is 2.26. The second-order valence-corrected chi connectivity index (χ2v) is 5.88. The smallest absolute Gasteiger partial charge is 0.0367 e. The summed E-state index contributed by atoms with van der Waals surface area (Å²) >= 11 is 0. The summed E-state index contributed by atoms with van der Waals surface area (Å²) in [5, 5.41) is 3.29. The van der Waals surface area contributed by atoms with E-state index in [0.717, 1.165) is 6.04 Å². The van der Waals surface area contributed by atoms with E-state index in [9.17, 15) is 0 Å². The van der Waals surface area contributed by atoms with Crippen molar-refractivity contribution in [3.05, 3.63) is 29.8 Å². The van der Waals surface area contributed by atoms with Gasteiger partial charge in [0.05, 0.1) is 0 Å². The third kappa shape index (κ3) is 2.63. The van der Waals surface area contributed by atoms with Crippen molar-refractivity contribution in [3.8, 4) is 0 Å². The minimum Gasteiger partial charge on any atom is -0.369 e. The van der Waals surface area contributed by atoms with Crippen LogP contribution in [0.1, 0.15) is 31.4 Å². The van der Waals surface area contributed by atoms with Crippen LogP contribution in [0, 0.1) is 0 Å². The van der Waals surface area contributed by atoms with Crippen molar-refractivity contribution in [2.45, 2.75) is 31.8 Å². The summed E-state index contributed by atoms with van der Waals surface area (Å²) in [5.74, 6) is 0. The molecule has 2 atom stereocenters. The molecule has 3 nitrogen and oxygen atoms in total. The molecule has 0 radical (unpaired) electrons. The topological polar surface area (TPSA) is 18.5 Å². The Labute approximate surface area is 116 Å².